The molecule has 0 spiro atoms. The molecule has 1 fully saturated rings. The van der Waals surface area contributed by atoms with Gasteiger partial charge < -0.3 is 9.47 Å². The number of halogens is 2. The van der Waals surface area contributed by atoms with Gasteiger partial charge in [0, 0.05) is 17.1 Å². The van der Waals surface area contributed by atoms with Gasteiger partial charge in [0.2, 0.25) is 5.91 Å². The van der Waals surface area contributed by atoms with Crippen LogP contribution in [0.15, 0.2) is 59.6 Å². The molecular formula is C21H18F2N2O5S. The number of alkyl halides is 2. The van der Waals surface area contributed by atoms with Crippen LogP contribution in [0, 0.1) is 0 Å². The molecule has 1 heterocycles. The maximum absolute atomic E-state index is 13.1. The predicted molar refractivity (Wildman–Crippen MR) is 108 cm³/mol. The number of benzene rings is 2. The van der Waals surface area contributed by atoms with E-state index in [2.05, 4.69) is 14.4 Å². The fourth-order valence-electron chi connectivity index (χ4n) is 3.57. The third-order valence-corrected chi connectivity index (χ3v) is 6.61. The Hall–Kier alpha value is -3.27. The van der Waals surface area contributed by atoms with Gasteiger partial charge in [-0.15, -0.1) is 0 Å². The molecule has 1 amide bonds. The average molecular weight is 448 g/mol. The molecule has 162 valence electrons. The number of amides is 1. The minimum absolute atomic E-state index is 0.0796. The van der Waals surface area contributed by atoms with Crippen molar-refractivity contribution >= 4 is 26.8 Å². The van der Waals surface area contributed by atoms with Crippen LogP contribution in [-0.2, 0) is 20.2 Å². The van der Waals surface area contributed by atoms with Gasteiger partial charge in [0.05, 0.1) is 22.9 Å². The lowest BCUT2D eigenvalue weighted by atomic mass is 9.94. The molecule has 1 aromatic heterocycles. The molecule has 3 aromatic rings. The molecule has 2 aromatic carbocycles. The minimum atomic E-state index is -4.22. The molecule has 7 nitrogen and oxygen atoms in total. The van der Waals surface area contributed by atoms with Crippen LogP contribution < -0.4 is 14.2 Å². The summed E-state index contributed by atoms with van der Waals surface area (Å²) in [6.07, 6.45) is 2.21. The maximum atomic E-state index is 13.1. The SMILES string of the molecule is COc1ccc(OC(F)F)cc1C1(C(=O)NS(=O)(=O)c2cccc3ncccc23)CC1. The zero-order valence-corrected chi connectivity index (χ0v) is 17.2. The molecule has 0 saturated heterocycles. The standard InChI is InChI=1S/C21H18F2N2O5S/c1-29-17-8-7-13(30-20(22)23)12-15(17)21(9-10-21)19(26)25-31(27,28)18-6-2-5-16-14(18)4-3-11-24-16/h2-8,11-12,20H,9-10H2,1H3,(H,25,26). The Morgan fingerprint density at radius 1 is 1.16 bits per heavy atom. The second kappa shape index (κ2) is 7.77. The number of methoxy groups -OCH3 is 1. The highest BCUT2D eigenvalue weighted by atomic mass is 32.2. The molecule has 0 aliphatic heterocycles. The number of sulfonamides is 1. The minimum Gasteiger partial charge on any atom is -0.496 e. The fourth-order valence-corrected chi connectivity index (χ4v) is 4.83. The number of carbonyl (C=O) groups is 1. The maximum Gasteiger partial charge on any atom is 0.387 e. The lowest BCUT2D eigenvalue weighted by Crippen LogP contribution is -2.39. The second-order valence-corrected chi connectivity index (χ2v) is 8.73. The predicted octanol–water partition coefficient (Wildman–Crippen LogP) is 3.38. The van der Waals surface area contributed by atoms with Crippen molar-refractivity contribution in [3.63, 3.8) is 0 Å². The third kappa shape index (κ3) is 3.90. The van der Waals surface area contributed by atoms with E-state index in [1.54, 1.807) is 18.2 Å². The van der Waals surface area contributed by atoms with Crippen molar-refractivity contribution in [3.05, 3.63) is 60.3 Å². The van der Waals surface area contributed by atoms with Crippen molar-refractivity contribution in [2.45, 2.75) is 29.8 Å². The first kappa shape index (κ1) is 21.0. The van der Waals surface area contributed by atoms with Crippen LogP contribution in [0.1, 0.15) is 18.4 Å². The van der Waals surface area contributed by atoms with E-state index >= 15 is 0 Å². The molecular weight excluding hydrogens is 430 g/mol. The van der Waals surface area contributed by atoms with Crippen LogP contribution in [-0.4, -0.2) is 33.0 Å². The van der Waals surface area contributed by atoms with Crippen molar-refractivity contribution in [1.82, 2.24) is 9.71 Å². The number of nitrogens with one attached hydrogen (secondary N) is 1. The van der Waals surface area contributed by atoms with Gasteiger partial charge in [-0.2, -0.15) is 8.78 Å². The summed E-state index contributed by atoms with van der Waals surface area (Å²) >= 11 is 0. The van der Waals surface area contributed by atoms with E-state index in [-0.39, 0.29) is 16.4 Å². The number of rotatable bonds is 7. The first-order valence-electron chi connectivity index (χ1n) is 9.31. The van der Waals surface area contributed by atoms with Gasteiger partial charge in [0.15, 0.2) is 0 Å². The number of hydrogen-bond acceptors (Lipinski definition) is 6. The van der Waals surface area contributed by atoms with E-state index in [1.807, 2.05) is 0 Å². The summed E-state index contributed by atoms with van der Waals surface area (Å²) in [5, 5.41) is 0.375. The Morgan fingerprint density at radius 3 is 2.61 bits per heavy atom. The first-order valence-corrected chi connectivity index (χ1v) is 10.8. The summed E-state index contributed by atoms with van der Waals surface area (Å²) in [6, 6.07) is 11.8. The largest absolute Gasteiger partial charge is 0.496 e. The molecule has 1 aliphatic carbocycles. The molecule has 0 bridgehead atoms. The van der Waals surface area contributed by atoms with Crippen LogP contribution in [0.2, 0.25) is 0 Å². The van der Waals surface area contributed by atoms with E-state index in [1.165, 1.54) is 43.6 Å². The first-order chi connectivity index (χ1) is 14.8. The topological polar surface area (TPSA) is 94.6 Å². The molecule has 4 rings (SSSR count). The highest BCUT2D eigenvalue weighted by Crippen LogP contribution is 2.52. The van der Waals surface area contributed by atoms with E-state index < -0.39 is 28.0 Å². The van der Waals surface area contributed by atoms with Gasteiger partial charge in [-0.25, -0.2) is 13.1 Å². The number of nitrogens with zero attached hydrogens (tertiary/aromatic N) is 1. The van der Waals surface area contributed by atoms with E-state index in [0.29, 0.717) is 29.3 Å². The Kier molecular flexibility index (Phi) is 5.26. The Balaban J connectivity index is 1.68. The summed E-state index contributed by atoms with van der Waals surface area (Å²) in [5.41, 5.74) is -0.458. The molecule has 10 heteroatoms. The molecule has 1 saturated carbocycles. The summed E-state index contributed by atoms with van der Waals surface area (Å²) < 4.78 is 63.1. The molecule has 1 N–H and O–H groups in total. The Bertz CT molecular complexity index is 1250. The van der Waals surface area contributed by atoms with E-state index in [9.17, 15) is 22.0 Å². The molecule has 0 atom stereocenters. The highest BCUT2D eigenvalue weighted by molar-refractivity contribution is 7.90. The summed E-state index contributed by atoms with van der Waals surface area (Å²) in [4.78, 5) is 17.2. The summed E-state index contributed by atoms with van der Waals surface area (Å²) in [7, 11) is -2.84. The van der Waals surface area contributed by atoms with Crippen LogP contribution in [0.3, 0.4) is 0 Å². The molecule has 0 radical (unpaired) electrons. The van der Waals surface area contributed by atoms with Crippen LogP contribution in [0.5, 0.6) is 11.5 Å². The second-order valence-electron chi connectivity index (χ2n) is 7.08. The summed E-state index contributed by atoms with van der Waals surface area (Å²) in [6.45, 7) is -3.04. The molecule has 31 heavy (non-hydrogen) atoms. The van der Waals surface area contributed by atoms with Crippen molar-refractivity contribution < 1.29 is 31.5 Å². The van der Waals surface area contributed by atoms with Crippen molar-refractivity contribution in [2.75, 3.05) is 7.11 Å². The van der Waals surface area contributed by atoms with Crippen LogP contribution >= 0.6 is 0 Å². The zero-order chi connectivity index (χ0) is 22.2. The highest BCUT2D eigenvalue weighted by Gasteiger charge is 2.54. The number of carbonyl (C=O) groups excluding carboxylic acids is 1. The number of aromatic nitrogens is 1. The molecule has 0 unspecified atom stereocenters. The number of pyridine rings is 1. The van der Waals surface area contributed by atoms with Crippen molar-refractivity contribution in [3.8, 4) is 11.5 Å². The number of ether oxygens (including phenoxy) is 2. The van der Waals surface area contributed by atoms with Crippen LogP contribution in [0.25, 0.3) is 10.9 Å². The van der Waals surface area contributed by atoms with Gasteiger partial charge in [-0.05, 0) is 55.3 Å². The Morgan fingerprint density at radius 2 is 1.94 bits per heavy atom. The summed E-state index contributed by atoms with van der Waals surface area (Å²) in [5.74, 6) is -0.630. The van der Waals surface area contributed by atoms with Gasteiger partial charge in [-0.3, -0.25) is 9.78 Å². The lowest BCUT2D eigenvalue weighted by molar-refractivity contribution is -0.121. The average Bonchev–Trinajstić information content (AvgIpc) is 3.54. The van der Waals surface area contributed by atoms with Crippen molar-refractivity contribution in [2.24, 2.45) is 0 Å². The zero-order valence-electron chi connectivity index (χ0n) is 16.3. The van der Waals surface area contributed by atoms with Gasteiger partial charge in [0.25, 0.3) is 10.0 Å². The van der Waals surface area contributed by atoms with Gasteiger partial charge in [0.1, 0.15) is 11.5 Å². The van der Waals surface area contributed by atoms with Crippen molar-refractivity contribution in [1.29, 1.82) is 0 Å². The van der Waals surface area contributed by atoms with Crippen LogP contribution in [0.4, 0.5) is 8.78 Å². The van der Waals surface area contributed by atoms with Gasteiger partial charge >= 0.3 is 6.61 Å². The molecule has 1 aliphatic rings. The fraction of sp³-hybridized carbons (Fsp3) is 0.238. The quantitative estimate of drug-likeness (QED) is 0.596. The smallest absolute Gasteiger partial charge is 0.387 e. The Labute approximate surface area is 177 Å². The number of hydrogen-bond donors (Lipinski definition) is 1. The van der Waals surface area contributed by atoms with E-state index in [4.69, 9.17) is 4.74 Å². The van der Waals surface area contributed by atoms with E-state index in [0.717, 1.165) is 0 Å². The normalized spacial score (nSPS) is 15.0. The number of fused-ring (bicyclic) bond motifs is 1. The van der Waals surface area contributed by atoms with Gasteiger partial charge in [-0.1, -0.05) is 6.07 Å². The third-order valence-electron chi connectivity index (χ3n) is 5.22. The lowest BCUT2D eigenvalue weighted by Gasteiger charge is -2.20. The monoisotopic (exact) mass is 448 g/mol.